The van der Waals surface area contributed by atoms with Gasteiger partial charge in [0.05, 0.1) is 12.3 Å². The summed E-state index contributed by atoms with van der Waals surface area (Å²) in [4.78, 5) is 4.85. The molecular formula is C17H23N3O. The van der Waals surface area contributed by atoms with Gasteiger partial charge >= 0.3 is 0 Å². The topological polar surface area (TPSA) is 53.1 Å². The Kier molecular flexibility index (Phi) is 3.72. The van der Waals surface area contributed by atoms with E-state index in [0.29, 0.717) is 12.6 Å². The van der Waals surface area contributed by atoms with Crippen molar-refractivity contribution in [3.05, 3.63) is 35.8 Å². The molecule has 1 aliphatic heterocycles. The third-order valence-electron chi connectivity index (χ3n) is 4.39. The largest absolute Gasteiger partial charge is 0.494 e. The first-order valence-corrected chi connectivity index (χ1v) is 7.68. The molecule has 0 amide bonds. The second-order valence-electron chi connectivity index (χ2n) is 5.73. The highest BCUT2D eigenvalue weighted by molar-refractivity contribution is 5.63. The molecule has 4 heteroatoms. The molecule has 2 N–H and O–H groups in total. The van der Waals surface area contributed by atoms with Crippen LogP contribution < -0.4 is 10.5 Å². The van der Waals surface area contributed by atoms with Gasteiger partial charge in [0.15, 0.2) is 0 Å². The number of hydrogen-bond acceptors (Lipinski definition) is 3. The van der Waals surface area contributed by atoms with Crippen LogP contribution in [0.4, 0.5) is 0 Å². The van der Waals surface area contributed by atoms with E-state index in [4.69, 9.17) is 15.5 Å². The normalized spacial score (nSPS) is 21.1. The average Bonchev–Trinajstić information content (AvgIpc) is 2.82. The summed E-state index contributed by atoms with van der Waals surface area (Å²) in [5.74, 6) is 2.06. The van der Waals surface area contributed by atoms with Crippen LogP contribution in [0.2, 0.25) is 0 Å². The summed E-state index contributed by atoms with van der Waals surface area (Å²) in [7, 11) is 0. The molecule has 0 aliphatic carbocycles. The molecule has 2 unspecified atom stereocenters. The van der Waals surface area contributed by atoms with Crippen LogP contribution in [0, 0.1) is 6.92 Å². The maximum Gasteiger partial charge on any atom is 0.119 e. The lowest BCUT2D eigenvalue weighted by molar-refractivity contribution is 0.340. The van der Waals surface area contributed by atoms with Crippen molar-refractivity contribution in [3.8, 4) is 17.0 Å². The minimum absolute atomic E-state index is 0.221. The van der Waals surface area contributed by atoms with E-state index < -0.39 is 0 Å². The van der Waals surface area contributed by atoms with Gasteiger partial charge in [0.2, 0.25) is 0 Å². The van der Waals surface area contributed by atoms with Crippen LogP contribution in [0.5, 0.6) is 5.75 Å². The minimum atomic E-state index is 0.221. The molecule has 0 saturated carbocycles. The first-order chi connectivity index (χ1) is 10.1. The Balaban J connectivity index is 1.98. The van der Waals surface area contributed by atoms with E-state index in [1.807, 2.05) is 19.1 Å². The van der Waals surface area contributed by atoms with Crippen molar-refractivity contribution in [2.24, 2.45) is 5.73 Å². The Morgan fingerprint density at radius 1 is 1.33 bits per heavy atom. The minimum Gasteiger partial charge on any atom is -0.494 e. The Morgan fingerprint density at radius 3 is 2.71 bits per heavy atom. The van der Waals surface area contributed by atoms with Gasteiger partial charge in [-0.05, 0) is 51.5 Å². The van der Waals surface area contributed by atoms with Crippen molar-refractivity contribution in [3.63, 3.8) is 0 Å². The van der Waals surface area contributed by atoms with Gasteiger partial charge in [0.1, 0.15) is 11.6 Å². The summed E-state index contributed by atoms with van der Waals surface area (Å²) >= 11 is 0. The van der Waals surface area contributed by atoms with Gasteiger partial charge in [-0.1, -0.05) is 0 Å². The van der Waals surface area contributed by atoms with E-state index in [1.165, 1.54) is 5.69 Å². The van der Waals surface area contributed by atoms with E-state index in [1.54, 1.807) is 0 Å². The van der Waals surface area contributed by atoms with Gasteiger partial charge in [-0.2, -0.15) is 0 Å². The maximum atomic E-state index is 6.20. The fourth-order valence-corrected chi connectivity index (χ4v) is 3.17. The molecule has 0 radical (unpaired) electrons. The molecule has 21 heavy (non-hydrogen) atoms. The fraction of sp³-hybridized carbons (Fsp3) is 0.471. The third kappa shape index (κ3) is 2.44. The molecule has 1 aliphatic rings. The summed E-state index contributed by atoms with van der Waals surface area (Å²) in [6, 6.07) is 8.71. The van der Waals surface area contributed by atoms with Crippen LogP contribution in [0.3, 0.4) is 0 Å². The maximum absolute atomic E-state index is 6.20. The van der Waals surface area contributed by atoms with Gasteiger partial charge < -0.3 is 15.0 Å². The predicted molar refractivity (Wildman–Crippen MR) is 84.6 cm³/mol. The number of nitrogens with two attached hydrogens (primary N) is 1. The van der Waals surface area contributed by atoms with Crippen LogP contribution in [-0.4, -0.2) is 22.2 Å². The Bertz CT molecular complexity index is 630. The predicted octanol–water partition coefficient (Wildman–Crippen LogP) is 3.09. The van der Waals surface area contributed by atoms with Crippen molar-refractivity contribution in [2.45, 2.75) is 45.7 Å². The molecule has 0 bridgehead atoms. The third-order valence-corrected chi connectivity index (χ3v) is 4.39. The molecule has 1 aromatic heterocycles. The number of aryl methyl sites for hydroxylation is 1. The highest BCUT2D eigenvalue weighted by atomic mass is 16.5. The Labute approximate surface area is 125 Å². The molecule has 4 nitrogen and oxygen atoms in total. The van der Waals surface area contributed by atoms with Crippen LogP contribution >= 0.6 is 0 Å². The van der Waals surface area contributed by atoms with Gasteiger partial charge in [-0.25, -0.2) is 4.98 Å². The summed E-state index contributed by atoms with van der Waals surface area (Å²) in [5, 5.41) is 0. The number of rotatable bonds is 3. The van der Waals surface area contributed by atoms with Crippen LogP contribution in [0.1, 0.15) is 37.8 Å². The second-order valence-corrected chi connectivity index (χ2v) is 5.73. The first-order valence-electron chi connectivity index (χ1n) is 7.68. The molecule has 2 aromatic rings. The van der Waals surface area contributed by atoms with Crippen molar-refractivity contribution in [1.82, 2.24) is 9.55 Å². The molecule has 0 spiro atoms. The second kappa shape index (κ2) is 5.53. The molecular weight excluding hydrogens is 262 g/mol. The number of benzene rings is 1. The summed E-state index contributed by atoms with van der Waals surface area (Å²) in [6.07, 6.45) is 1.98. The molecule has 0 fully saturated rings. The molecule has 2 heterocycles. The van der Waals surface area contributed by atoms with Gasteiger partial charge in [-0.3, -0.25) is 0 Å². The summed E-state index contributed by atoms with van der Waals surface area (Å²) in [5.41, 5.74) is 9.60. The van der Waals surface area contributed by atoms with Gasteiger partial charge in [0, 0.05) is 29.8 Å². The highest BCUT2D eigenvalue weighted by Gasteiger charge is 2.27. The standard InChI is InChI=1S/C17H23N3O/c1-4-21-14-7-5-13(6-8-14)17-12(3)20-11(2)15(18)9-10-16(20)19-17/h5-8,11,15H,4,9-10,18H2,1-3H3. The zero-order chi connectivity index (χ0) is 15.0. The first kappa shape index (κ1) is 14.1. The van der Waals surface area contributed by atoms with Gasteiger partial charge in [-0.15, -0.1) is 0 Å². The monoisotopic (exact) mass is 285 g/mol. The number of imidazole rings is 1. The number of aromatic nitrogens is 2. The average molecular weight is 285 g/mol. The van der Waals surface area contributed by atoms with E-state index in [2.05, 4.69) is 30.5 Å². The summed E-state index contributed by atoms with van der Waals surface area (Å²) < 4.78 is 7.80. The fourth-order valence-electron chi connectivity index (χ4n) is 3.17. The number of nitrogens with zero attached hydrogens (tertiary/aromatic N) is 2. The zero-order valence-corrected chi connectivity index (χ0v) is 13.0. The lowest BCUT2D eigenvalue weighted by Gasteiger charge is -2.29. The summed E-state index contributed by atoms with van der Waals surface area (Å²) in [6.45, 7) is 7.00. The Morgan fingerprint density at radius 2 is 2.05 bits per heavy atom. The van der Waals surface area contributed by atoms with E-state index in [-0.39, 0.29) is 6.04 Å². The zero-order valence-electron chi connectivity index (χ0n) is 13.0. The SMILES string of the molecule is CCOc1ccc(-c2nc3n(c2C)C(C)C(N)CC3)cc1. The van der Waals surface area contributed by atoms with Crippen molar-refractivity contribution in [1.29, 1.82) is 0 Å². The van der Waals surface area contributed by atoms with E-state index in [0.717, 1.165) is 35.7 Å². The molecule has 112 valence electrons. The van der Waals surface area contributed by atoms with E-state index in [9.17, 15) is 0 Å². The van der Waals surface area contributed by atoms with Crippen molar-refractivity contribution in [2.75, 3.05) is 6.61 Å². The molecule has 2 atom stereocenters. The lowest BCUT2D eigenvalue weighted by atomic mass is 10.0. The number of hydrogen-bond donors (Lipinski definition) is 1. The highest BCUT2D eigenvalue weighted by Crippen LogP contribution is 2.32. The number of fused-ring (bicyclic) bond motifs is 1. The van der Waals surface area contributed by atoms with Crippen LogP contribution in [-0.2, 0) is 6.42 Å². The van der Waals surface area contributed by atoms with Crippen molar-refractivity contribution >= 4 is 0 Å². The van der Waals surface area contributed by atoms with E-state index >= 15 is 0 Å². The van der Waals surface area contributed by atoms with Crippen LogP contribution in [0.15, 0.2) is 24.3 Å². The molecule has 0 saturated heterocycles. The smallest absolute Gasteiger partial charge is 0.119 e. The Hall–Kier alpha value is -1.81. The lowest BCUT2D eigenvalue weighted by Crippen LogP contribution is -2.36. The van der Waals surface area contributed by atoms with Gasteiger partial charge in [0.25, 0.3) is 0 Å². The van der Waals surface area contributed by atoms with Crippen LogP contribution in [0.25, 0.3) is 11.3 Å². The quantitative estimate of drug-likeness (QED) is 0.943. The molecule has 3 rings (SSSR count). The molecule has 1 aromatic carbocycles. The van der Waals surface area contributed by atoms with Crippen molar-refractivity contribution < 1.29 is 4.74 Å². The number of ether oxygens (including phenoxy) is 1.